The lowest BCUT2D eigenvalue weighted by molar-refractivity contribution is 0.601. The Kier molecular flexibility index (Phi) is 3.40. The first-order chi connectivity index (χ1) is 8.50. The smallest absolute Gasteiger partial charge is 0.263 e. The molecule has 0 saturated heterocycles. The van der Waals surface area contributed by atoms with Crippen molar-refractivity contribution in [3.63, 3.8) is 0 Å². The van der Waals surface area contributed by atoms with Gasteiger partial charge in [0.15, 0.2) is 0 Å². The lowest BCUT2D eigenvalue weighted by atomic mass is 10.4. The fourth-order valence-corrected chi connectivity index (χ4v) is 2.97. The minimum atomic E-state index is -3.76. The molecule has 0 fully saturated rings. The summed E-state index contributed by atoms with van der Waals surface area (Å²) in [6.45, 7) is 0. The van der Waals surface area contributed by atoms with E-state index in [0.717, 1.165) is 0 Å². The van der Waals surface area contributed by atoms with Gasteiger partial charge in [0, 0.05) is 6.20 Å². The largest absolute Gasteiger partial charge is 0.396 e. The highest BCUT2D eigenvalue weighted by Gasteiger charge is 2.18. The maximum absolute atomic E-state index is 12.1. The summed E-state index contributed by atoms with van der Waals surface area (Å²) >= 11 is 5.85. The molecule has 0 unspecified atom stereocenters. The van der Waals surface area contributed by atoms with Gasteiger partial charge in [-0.15, -0.1) is 0 Å². The van der Waals surface area contributed by atoms with E-state index in [9.17, 15) is 8.42 Å². The van der Waals surface area contributed by atoms with Crippen LogP contribution in [0.4, 0.5) is 11.4 Å². The molecule has 0 aliphatic carbocycles. The number of rotatable bonds is 3. The summed E-state index contributed by atoms with van der Waals surface area (Å²) in [5.41, 5.74) is 6.13. The number of nitrogen functional groups attached to an aromatic ring is 1. The van der Waals surface area contributed by atoms with Crippen LogP contribution in [-0.2, 0) is 10.0 Å². The van der Waals surface area contributed by atoms with Crippen LogP contribution >= 0.6 is 11.6 Å². The standard InChI is InChI=1S/C11H10ClN3O2S/c12-8-3-1-2-4-11(8)18(16,17)15-10-5-6-14-7-9(10)13/h1-7H,13H2,(H,14,15). The molecule has 1 heterocycles. The van der Waals surface area contributed by atoms with E-state index in [2.05, 4.69) is 9.71 Å². The number of nitrogens with one attached hydrogen (secondary N) is 1. The van der Waals surface area contributed by atoms with E-state index in [1.165, 1.54) is 30.6 Å². The zero-order chi connectivity index (χ0) is 13.2. The number of benzene rings is 1. The van der Waals surface area contributed by atoms with Crippen LogP contribution < -0.4 is 10.5 Å². The SMILES string of the molecule is Nc1cnccc1NS(=O)(=O)c1ccccc1Cl. The molecule has 0 aliphatic rings. The molecule has 0 atom stereocenters. The van der Waals surface area contributed by atoms with Crippen molar-refractivity contribution in [2.45, 2.75) is 4.90 Å². The summed E-state index contributed by atoms with van der Waals surface area (Å²) in [5.74, 6) is 0. The lowest BCUT2D eigenvalue weighted by Crippen LogP contribution is -2.14. The molecule has 2 rings (SSSR count). The van der Waals surface area contributed by atoms with Crippen LogP contribution in [0.25, 0.3) is 0 Å². The van der Waals surface area contributed by atoms with Crippen molar-refractivity contribution in [2.75, 3.05) is 10.5 Å². The summed E-state index contributed by atoms with van der Waals surface area (Å²) in [6, 6.07) is 7.65. The predicted molar refractivity (Wildman–Crippen MR) is 70.9 cm³/mol. The number of halogens is 1. The molecule has 0 saturated carbocycles. The van der Waals surface area contributed by atoms with Crippen LogP contribution in [0.3, 0.4) is 0 Å². The van der Waals surface area contributed by atoms with Crippen molar-refractivity contribution in [3.8, 4) is 0 Å². The molecule has 94 valence electrons. The van der Waals surface area contributed by atoms with Gasteiger partial charge < -0.3 is 5.73 Å². The zero-order valence-corrected chi connectivity index (χ0v) is 10.7. The van der Waals surface area contributed by atoms with E-state index < -0.39 is 10.0 Å². The van der Waals surface area contributed by atoms with Crippen LogP contribution in [0.1, 0.15) is 0 Å². The van der Waals surface area contributed by atoms with Gasteiger partial charge in [-0.05, 0) is 18.2 Å². The molecule has 0 spiro atoms. The Hall–Kier alpha value is -1.79. The van der Waals surface area contributed by atoms with Gasteiger partial charge in [-0.2, -0.15) is 0 Å². The van der Waals surface area contributed by atoms with E-state index in [-0.39, 0.29) is 21.3 Å². The first-order valence-corrected chi connectivity index (χ1v) is 6.83. The van der Waals surface area contributed by atoms with Gasteiger partial charge in [-0.3, -0.25) is 9.71 Å². The summed E-state index contributed by atoms with van der Waals surface area (Å²) in [5, 5.41) is 0.151. The van der Waals surface area contributed by atoms with Crippen molar-refractivity contribution in [1.82, 2.24) is 4.98 Å². The van der Waals surface area contributed by atoms with E-state index in [0.29, 0.717) is 0 Å². The first kappa shape index (κ1) is 12.7. The van der Waals surface area contributed by atoms with Crippen LogP contribution in [-0.4, -0.2) is 13.4 Å². The highest BCUT2D eigenvalue weighted by atomic mass is 35.5. The average molecular weight is 284 g/mol. The third kappa shape index (κ3) is 2.55. The molecule has 5 nitrogen and oxygen atoms in total. The molecule has 0 bridgehead atoms. The molecule has 0 amide bonds. The monoisotopic (exact) mass is 283 g/mol. The second-order valence-corrected chi connectivity index (χ2v) is 5.56. The Morgan fingerprint density at radius 1 is 1.22 bits per heavy atom. The quantitative estimate of drug-likeness (QED) is 0.903. The van der Waals surface area contributed by atoms with Crippen molar-refractivity contribution in [2.24, 2.45) is 0 Å². The molecule has 18 heavy (non-hydrogen) atoms. The van der Waals surface area contributed by atoms with Crippen molar-refractivity contribution >= 4 is 33.0 Å². The molecule has 3 N–H and O–H groups in total. The predicted octanol–water partition coefficient (Wildman–Crippen LogP) is 2.12. The van der Waals surface area contributed by atoms with Gasteiger partial charge in [-0.1, -0.05) is 23.7 Å². The van der Waals surface area contributed by atoms with Crippen molar-refractivity contribution < 1.29 is 8.42 Å². The molecule has 1 aromatic carbocycles. The van der Waals surface area contributed by atoms with E-state index in [4.69, 9.17) is 17.3 Å². The Bertz CT molecular complexity index is 673. The number of hydrogen-bond acceptors (Lipinski definition) is 4. The highest BCUT2D eigenvalue weighted by Crippen LogP contribution is 2.25. The van der Waals surface area contributed by atoms with Crippen LogP contribution in [0.15, 0.2) is 47.6 Å². The maximum atomic E-state index is 12.1. The van der Waals surface area contributed by atoms with E-state index in [1.54, 1.807) is 12.1 Å². The fourth-order valence-electron chi connectivity index (χ4n) is 1.36. The summed E-state index contributed by atoms with van der Waals surface area (Å²) in [7, 11) is -3.76. The number of aromatic nitrogens is 1. The summed E-state index contributed by atoms with van der Waals surface area (Å²) in [4.78, 5) is 3.78. The van der Waals surface area contributed by atoms with E-state index >= 15 is 0 Å². The van der Waals surface area contributed by atoms with Gasteiger partial charge >= 0.3 is 0 Å². The van der Waals surface area contributed by atoms with Gasteiger partial charge in [0.25, 0.3) is 10.0 Å². The Morgan fingerprint density at radius 3 is 2.61 bits per heavy atom. The van der Waals surface area contributed by atoms with Crippen LogP contribution in [0, 0.1) is 0 Å². The van der Waals surface area contributed by atoms with Gasteiger partial charge in [0.2, 0.25) is 0 Å². The van der Waals surface area contributed by atoms with Crippen LogP contribution in [0.2, 0.25) is 5.02 Å². The number of anilines is 2. The number of nitrogens with two attached hydrogens (primary N) is 1. The van der Waals surface area contributed by atoms with Crippen LogP contribution in [0.5, 0.6) is 0 Å². The first-order valence-electron chi connectivity index (χ1n) is 4.97. The van der Waals surface area contributed by atoms with Gasteiger partial charge in [-0.25, -0.2) is 8.42 Å². The summed E-state index contributed by atoms with van der Waals surface area (Å²) < 4.78 is 26.6. The minimum absolute atomic E-state index is 0.00267. The average Bonchev–Trinajstić information content (AvgIpc) is 2.32. The fraction of sp³-hybridized carbons (Fsp3) is 0. The second kappa shape index (κ2) is 4.83. The Labute approximate surface area is 110 Å². The molecule has 1 aromatic heterocycles. The topological polar surface area (TPSA) is 85.1 Å². The molecule has 7 heteroatoms. The van der Waals surface area contributed by atoms with Gasteiger partial charge in [0.05, 0.1) is 22.6 Å². The number of sulfonamides is 1. The normalized spacial score (nSPS) is 11.2. The lowest BCUT2D eigenvalue weighted by Gasteiger charge is -2.10. The Morgan fingerprint density at radius 2 is 1.94 bits per heavy atom. The molecular weight excluding hydrogens is 274 g/mol. The molecule has 0 aliphatic heterocycles. The third-order valence-corrected chi connectivity index (χ3v) is 4.09. The molecule has 0 radical (unpaired) electrons. The summed E-state index contributed by atoms with van der Waals surface area (Å²) in [6.07, 6.45) is 2.81. The number of hydrogen-bond donors (Lipinski definition) is 2. The number of pyridine rings is 1. The molecule has 2 aromatic rings. The zero-order valence-electron chi connectivity index (χ0n) is 9.17. The highest BCUT2D eigenvalue weighted by molar-refractivity contribution is 7.92. The second-order valence-electron chi connectivity index (χ2n) is 3.50. The maximum Gasteiger partial charge on any atom is 0.263 e. The van der Waals surface area contributed by atoms with Gasteiger partial charge in [0.1, 0.15) is 4.90 Å². The third-order valence-electron chi connectivity index (χ3n) is 2.22. The van der Waals surface area contributed by atoms with E-state index in [1.807, 2.05) is 0 Å². The minimum Gasteiger partial charge on any atom is -0.396 e. The Balaban J connectivity index is 2.40. The number of nitrogens with zero attached hydrogens (tertiary/aromatic N) is 1. The molecular formula is C11H10ClN3O2S. The van der Waals surface area contributed by atoms with Crippen molar-refractivity contribution in [1.29, 1.82) is 0 Å². The van der Waals surface area contributed by atoms with Crippen molar-refractivity contribution in [3.05, 3.63) is 47.7 Å².